The largest absolute Gasteiger partial charge is 0.325 e. The van der Waals surface area contributed by atoms with Crippen LogP contribution in [0.5, 0.6) is 0 Å². The molecule has 4 heterocycles. The third kappa shape index (κ3) is 21.9. The topological polar surface area (TPSA) is 221 Å². The van der Waals surface area contributed by atoms with E-state index in [0.717, 1.165) is 112 Å². The van der Waals surface area contributed by atoms with E-state index >= 15 is 0 Å². The molecule has 0 saturated heterocycles. The number of unbranched alkanes of at least 4 members (excludes halogenated alkanes) is 2. The molecule has 0 unspecified atom stereocenters. The quantitative estimate of drug-likeness (QED) is 0.0564. The van der Waals surface area contributed by atoms with Crippen LogP contribution in [0.3, 0.4) is 0 Å². The summed E-state index contributed by atoms with van der Waals surface area (Å²) in [6.45, 7) is 13.1. The van der Waals surface area contributed by atoms with Gasteiger partial charge >= 0.3 is 0 Å². The van der Waals surface area contributed by atoms with Crippen LogP contribution in [-0.2, 0) is 60.8 Å². The standard InChI is InChI=1S/C10H19N5.C8H17N5.C8H16N4.C6H12N4/c1-9(11)5-3-4-6-12-7-10-8-13-15(2)14-10;1-9-4-3-5-10-6-8-7-11-13(2)12-8;1-3-4-5-9-6-8-7-12(2)11-10-8;1-3-5-6(4-7)9-10(2)8-5/h8,11-12H,3-7H2,1-2H3;7,9-10H,3-6H2,1-2H3;7,9H,3-6H2,1-2H3;3-4,7H2,1-2H3. The molecule has 0 aliphatic rings. The first-order valence-electron chi connectivity index (χ1n) is 17.6. The summed E-state index contributed by atoms with van der Waals surface area (Å²) < 4.78 is 1.72. The molecule has 0 saturated carbocycles. The molecule has 0 spiro atoms. The van der Waals surface area contributed by atoms with Gasteiger partial charge in [-0.3, -0.25) is 4.68 Å². The second kappa shape index (κ2) is 27.8. The number of nitrogens with zero attached hydrogens (tertiary/aromatic N) is 12. The number of nitrogens with one attached hydrogen (secondary N) is 5. The van der Waals surface area contributed by atoms with Gasteiger partial charge in [0, 0.05) is 66.3 Å². The fourth-order valence-electron chi connectivity index (χ4n) is 4.32. The third-order valence-electron chi connectivity index (χ3n) is 6.90. The number of hydrogen-bond acceptors (Lipinski definition) is 14. The summed E-state index contributed by atoms with van der Waals surface area (Å²) in [5, 5.41) is 52.6. The van der Waals surface area contributed by atoms with Crippen LogP contribution >= 0.6 is 0 Å². The van der Waals surface area contributed by atoms with Crippen molar-refractivity contribution in [2.45, 2.75) is 91.9 Å². The lowest BCUT2D eigenvalue weighted by Gasteiger charge is -2.01. The van der Waals surface area contributed by atoms with Gasteiger partial charge in [-0.1, -0.05) is 25.5 Å². The molecule has 0 atom stereocenters. The summed E-state index contributed by atoms with van der Waals surface area (Å²) in [6, 6.07) is 0. The van der Waals surface area contributed by atoms with Gasteiger partial charge in [0.15, 0.2) is 0 Å². The van der Waals surface area contributed by atoms with E-state index in [0.29, 0.717) is 6.54 Å². The van der Waals surface area contributed by atoms with Crippen molar-refractivity contribution in [2.24, 2.45) is 33.9 Å². The van der Waals surface area contributed by atoms with Crippen LogP contribution < -0.4 is 27.0 Å². The number of nitrogens with two attached hydrogens (primary N) is 1. The highest BCUT2D eigenvalue weighted by Crippen LogP contribution is 2.00. The first kappa shape index (κ1) is 44.1. The molecule has 4 aromatic rings. The number of hydrogen-bond donors (Lipinski definition) is 6. The van der Waals surface area contributed by atoms with Gasteiger partial charge in [-0.2, -0.15) is 45.0 Å². The van der Waals surface area contributed by atoms with Crippen LogP contribution in [0.1, 0.15) is 87.8 Å². The Morgan fingerprint density at radius 3 is 1.72 bits per heavy atom. The Morgan fingerprint density at radius 2 is 1.28 bits per heavy atom. The van der Waals surface area contributed by atoms with Crippen molar-refractivity contribution in [2.75, 3.05) is 33.2 Å². The van der Waals surface area contributed by atoms with Crippen LogP contribution in [-0.4, -0.2) is 98.9 Å². The fraction of sp³-hybridized carbons (Fsp3) is 0.719. The predicted octanol–water partition coefficient (Wildman–Crippen LogP) is 1.17. The van der Waals surface area contributed by atoms with Crippen molar-refractivity contribution in [3.63, 3.8) is 0 Å². The summed E-state index contributed by atoms with van der Waals surface area (Å²) in [5.41, 5.74) is 11.1. The first-order valence-corrected chi connectivity index (χ1v) is 17.6. The number of aryl methyl sites for hydroxylation is 5. The van der Waals surface area contributed by atoms with E-state index in [1.807, 2.05) is 48.2 Å². The Hall–Kier alpha value is -3.97. The van der Waals surface area contributed by atoms with Gasteiger partial charge in [-0.05, 0) is 78.7 Å². The monoisotopic (exact) mass is 701 g/mol. The van der Waals surface area contributed by atoms with Crippen LogP contribution in [0.15, 0.2) is 18.6 Å². The van der Waals surface area contributed by atoms with Gasteiger partial charge in [0.25, 0.3) is 0 Å². The minimum atomic E-state index is 0.483. The van der Waals surface area contributed by atoms with Gasteiger partial charge in [-0.15, -0.1) is 5.10 Å². The third-order valence-corrected chi connectivity index (χ3v) is 6.90. The summed E-state index contributed by atoms with van der Waals surface area (Å²) in [5.74, 6) is 0. The molecule has 0 radical (unpaired) electrons. The second-order valence-corrected chi connectivity index (χ2v) is 11.8. The molecular formula is C32H64N18. The Bertz CT molecular complexity index is 1370. The molecule has 4 aromatic heterocycles. The van der Waals surface area contributed by atoms with Crippen LogP contribution in [0.4, 0.5) is 0 Å². The molecule has 7 N–H and O–H groups in total. The molecule has 0 fully saturated rings. The van der Waals surface area contributed by atoms with Crippen LogP contribution in [0.2, 0.25) is 0 Å². The van der Waals surface area contributed by atoms with Gasteiger partial charge in [0.1, 0.15) is 0 Å². The average molecular weight is 701 g/mol. The number of rotatable bonds is 20. The van der Waals surface area contributed by atoms with Crippen molar-refractivity contribution >= 4 is 5.71 Å². The molecule has 282 valence electrons. The van der Waals surface area contributed by atoms with Gasteiger partial charge in [0.2, 0.25) is 0 Å². The zero-order valence-electron chi connectivity index (χ0n) is 31.8. The maximum absolute atomic E-state index is 7.27. The fourth-order valence-corrected chi connectivity index (χ4v) is 4.32. The summed E-state index contributed by atoms with van der Waals surface area (Å²) >= 11 is 0. The van der Waals surface area contributed by atoms with Gasteiger partial charge in [0.05, 0.1) is 40.9 Å². The Labute approximate surface area is 298 Å². The van der Waals surface area contributed by atoms with E-state index in [9.17, 15) is 0 Å². The minimum Gasteiger partial charge on any atom is -0.325 e. The molecule has 18 nitrogen and oxygen atoms in total. The SMILES string of the molecule is CC(=N)CCCCNCc1cnn(C)n1.CCCCNCc1cn(C)nn1.CCc1nn(C)nc1CN.CNCCCNCc1cnn(C)n1. The molecular weight excluding hydrogens is 636 g/mol. The summed E-state index contributed by atoms with van der Waals surface area (Å²) in [7, 11) is 9.28. The molecule has 4 rings (SSSR count). The summed E-state index contributed by atoms with van der Waals surface area (Å²) in [6.07, 6.45) is 13.1. The molecule has 0 aromatic carbocycles. The molecule has 0 aliphatic heterocycles. The van der Waals surface area contributed by atoms with Gasteiger partial charge in [-0.25, -0.2) is 0 Å². The normalized spacial score (nSPS) is 10.5. The molecule has 0 aliphatic carbocycles. The lowest BCUT2D eigenvalue weighted by Crippen LogP contribution is -2.19. The van der Waals surface area contributed by atoms with Crippen LogP contribution in [0, 0.1) is 5.41 Å². The lowest BCUT2D eigenvalue weighted by molar-refractivity contribution is 0.601. The Kier molecular flexibility index (Phi) is 24.5. The van der Waals surface area contributed by atoms with E-state index in [2.05, 4.69) is 69.1 Å². The van der Waals surface area contributed by atoms with Crippen molar-refractivity contribution < 1.29 is 0 Å². The average Bonchev–Trinajstić information content (AvgIpc) is 3.90. The predicted molar refractivity (Wildman–Crippen MR) is 197 cm³/mol. The molecule has 18 heteroatoms. The maximum Gasteiger partial charge on any atom is 0.0994 e. The van der Waals surface area contributed by atoms with Crippen molar-refractivity contribution in [1.82, 2.24) is 81.2 Å². The van der Waals surface area contributed by atoms with Gasteiger partial charge < -0.3 is 32.4 Å². The van der Waals surface area contributed by atoms with E-state index in [-0.39, 0.29) is 0 Å². The Morgan fingerprint density at radius 1 is 0.720 bits per heavy atom. The molecule has 0 amide bonds. The zero-order valence-corrected chi connectivity index (χ0v) is 31.8. The van der Waals surface area contributed by atoms with E-state index in [4.69, 9.17) is 11.1 Å². The van der Waals surface area contributed by atoms with Crippen molar-refractivity contribution in [3.8, 4) is 0 Å². The van der Waals surface area contributed by atoms with Crippen molar-refractivity contribution in [3.05, 3.63) is 47.1 Å². The minimum absolute atomic E-state index is 0.483. The molecule has 50 heavy (non-hydrogen) atoms. The van der Waals surface area contributed by atoms with E-state index < -0.39 is 0 Å². The van der Waals surface area contributed by atoms with E-state index in [1.54, 1.807) is 38.5 Å². The summed E-state index contributed by atoms with van der Waals surface area (Å²) in [4.78, 5) is 4.70. The van der Waals surface area contributed by atoms with E-state index in [1.165, 1.54) is 12.8 Å². The zero-order chi connectivity index (χ0) is 37.0. The highest BCUT2D eigenvalue weighted by atomic mass is 15.5. The second-order valence-electron chi connectivity index (χ2n) is 11.8. The Balaban J connectivity index is 0.000000336. The van der Waals surface area contributed by atoms with Crippen molar-refractivity contribution in [1.29, 1.82) is 5.41 Å². The molecule has 0 bridgehead atoms. The highest BCUT2D eigenvalue weighted by Gasteiger charge is 2.04. The smallest absolute Gasteiger partial charge is 0.0994 e. The first-order chi connectivity index (χ1) is 24.1. The number of aromatic nitrogens is 12. The maximum atomic E-state index is 7.27. The highest BCUT2D eigenvalue weighted by molar-refractivity contribution is 5.78. The van der Waals surface area contributed by atoms with Crippen LogP contribution in [0.25, 0.3) is 0 Å². The lowest BCUT2D eigenvalue weighted by atomic mass is 10.2.